The van der Waals surface area contributed by atoms with Gasteiger partial charge in [0, 0.05) is 10.3 Å². The van der Waals surface area contributed by atoms with Crippen LogP contribution in [0.4, 0.5) is 0 Å². The molecule has 1 aromatic carbocycles. The molecule has 3 aromatic rings. The van der Waals surface area contributed by atoms with Crippen LogP contribution in [0, 0.1) is 0 Å². The molecule has 3 rings (SSSR count). The van der Waals surface area contributed by atoms with Gasteiger partial charge in [0.2, 0.25) is 0 Å². The summed E-state index contributed by atoms with van der Waals surface area (Å²) in [5.74, 6) is 0.793. The van der Waals surface area contributed by atoms with Crippen LogP contribution in [0.2, 0.25) is 0 Å². The summed E-state index contributed by atoms with van der Waals surface area (Å²) in [5.41, 5.74) is 1.54. The molecule has 0 unspecified atom stereocenters. The Morgan fingerprint density at radius 1 is 1.17 bits per heavy atom. The molecule has 0 aliphatic heterocycles. The van der Waals surface area contributed by atoms with E-state index in [9.17, 15) is 0 Å². The Bertz CT molecular complexity index is 728. The molecule has 3 nitrogen and oxygen atoms in total. The van der Waals surface area contributed by atoms with E-state index in [-0.39, 0.29) is 0 Å². The highest BCUT2D eigenvalue weighted by atomic mass is 32.1. The molecule has 0 fully saturated rings. The van der Waals surface area contributed by atoms with Crippen molar-refractivity contribution in [3.63, 3.8) is 0 Å². The van der Waals surface area contributed by atoms with Gasteiger partial charge in [-0.15, -0.1) is 11.3 Å². The van der Waals surface area contributed by atoms with Crippen LogP contribution in [0.15, 0.2) is 57.4 Å². The Kier molecular flexibility index (Phi) is 2.86. The van der Waals surface area contributed by atoms with E-state index in [0.717, 1.165) is 21.4 Å². The number of nitrogens with zero attached hydrogens (tertiary/aromatic N) is 1. The molecule has 0 aliphatic carbocycles. The molecule has 0 bridgehead atoms. The van der Waals surface area contributed by atoms with Crippen LogP contribution in [0.5, 0.6) is 0 Å². The van der Waals surface area contributed by atoms with Crippen molar-refractivity contribution < 1.29 is 9.25 Å². The van der Waals surface area contributed by atoms with E-state index in [2.05, 4.69) is 5.16 Å². The number of thiophene rings is 1. The second-order valence-electron chi connectivity index (χ2n) is 3.75. The van der Waals surface area contributed by atoms with E-state index in [1.165, 1.54) is 7.11 Å². The zero-order valence-electron chi connectivity index (χ0n) is 9.79. The van der Waals surface area contributed by atoms with E-state index in [1.807, 2.05) is 47.8 Å². The maximum absolute atomic E-state index is 5.79. The predicted octanol–water partition coefficient (Wildman–Crippen LogP) is 3.62. The fourth-order valence-electron chi connectivity index (χ4n) is 1.81. The van der Waals surface area contributed by atoms with Gasteiger partial charge in [-0.2, -0.15) is 0 Å². The van der Waals surface area contributed by atoms with Crippen LogP contribution in [0.25, 0.3) is 21.4 Å². The first kappa shape index (κ1) is 11.0. The van der Waals surface area contributed by atoms with Crippen molar-refractivity contribution in [2.45, 2.75) is 0 Å². The van der Waals surface area contributed by atoms with Crippen LogP contribution in [-0.2, 0) is 4.84 Å². The molecule has 0 saturated carbocycles. The van der Waals surface area contributed by atoms with Crippen molar-refractivity contribution in [2.75, 3.05) is 7.11 Å². The van der Waals surface area contributed by atoms with E-state index in [0.29, 0.717) is 5.55 Å². The standard InChI is InChI=1S/C14H11NO2S/c1-16-15-14-11-7-8-18-13(11)9-12(17-14)10-5-3-2-4-6-10/h2-9H,1H3/b15-14+. The summed E-state index contributed by atoms with van der Waals surface area (Å²) in [5, 5.41) is 6.92. The lowest BCUT2D eigenvalue weighted by Crippen LogP contribution is -2.02. The summed E-state index contributed by atoms with van der Waals surface area (Å²) in [6.45, 7) is 0. The molecule has 0 radical (unpaired) electrons. The van der Waals surface area contributed by atoms with Gasteiger partial charge in [-0.05, 0) is 22.7 Å². The summed E-state index contributed by atoms with van der Waals surface area (Å²) in [4.78, 5) is 4.83. The summed E-state index contributed by atoms with van der Waals surface area (Å²) >= 11 is 1.66. The second-order valence-corrected chi connectivity index (χ2v) is 4.70. The normalized spacial score (nSPS) is 11.9. The average molecular weight is 257 g/mol. The Balaban J connectivity index is 2.29. The molecule has 0 saturated heterocycles. The van der Waals surface area contributed by atoms with Crippen LogP contribution in [0.3, 0.4) is 0 Å². The highest BCUT2D eigenvalue weighted by molar-refractivity contribution is 7.17. The van der Waals surface area contributed by atoms with E-state index >= 15 is 0 Å². The molecular formula is C14H11NO2S. The quantitative estimate of drug-likeness (QED) is 0.657. The van der Waals surface area contributed by atoms with Gasteiger partial charge in [-0.3, -0.25) is 0 Å². The third-order valence-corrected chi connectivity index (χ3v) is 3.49. The highest BCUT2D eigenvalue weighted by Gasteiger charge is 2.06. The summed E-state index contributed by atoms with van der Waals surface area (Å²) < 4.78 is 6.93. The average Bonchev–Trinajstić information content (AvgIpc) is 2.88. The molecule has 18 heavy (non-hydrogen) atoms. The zero-order valence-corrected chi connectivity index (χ0v) is 10.6. The van der Waals surface area contributed by atoms with Crippen molar-refractivity contribution in [1.82, 2.24) is 0 Å². The highest BCUT2D eigenvalue weighted by Crippen LogP contribution is 2.24. The van der Waals surface area contributed by atoms with Crippen LogP contribution in [0.1, 0.15) is 0 Å². The van der Waals surface area contributed by atoms with Crippen LogP contribution < -0.4 is 5.55 Å². The van der Waals surface area contributed by atoms with E-state index in [1.54, 1.807) is 11.3 Å². The van der Waals surface area contributed by atoms with Crippen molar-refractivity contribution in [3.8, 4) is 11.3 Å². The molecular weight excluding hydrogens is 246 g/mol. The first-order valence-electron chi connectivity index (χ1n) is 5.52. The zero-order chi connectivity index (χ0) is 12.4. The van der Waals surface area contributed by atoms with Gasteiger partial charge in [0.15, 0.2) is 0 Å². The van der Waals surface area contributed by atoms with Crippen molar-refractivity contribution in [3.05, 3.63) is 53.4 Å². The third kappa shape index (κ3) is 1.91. The predicted molar refractivity (Wildman–Crippen MR) is 72.1 cm³/mol. The molecule has 0 amide bonds. The Morgan fingerprint density at radius 3 is 2.78 bits per heavy atom. The first-order valence-corrected chi connectivity index (χ1v) is 6.40. The van der Waals surface area contributed by atoms with Crippen LogP contribution >= 0.6 is 11.3 Å². The molecule has 2 heterocycles. The van der Waals surface area contributed by atoms with Gasteiger partial charge in [0.25, 0.3) is 5.55 Å². The number of hydrogen-bond donors (Lipinski definition) is 0. The molecule has 0 N–H and O–H groups in total. The summed E-state index contributed by atoms with van der Waals surface area (Å²) in [6.07, 6.45) is 0. The molecule has 4 heteroatoms. The lowest BCUT2D eigenvalue weighted by molar-refractivity contribution is 0.186. The largest absolute Gasteiger partial charge is 0.435 e. The lowest BCUT2D eigenvalue weighted by Gasteiger charge is -2.01. The van der Waals surface area contributed by atoms with E-state index < -0.39 is 0 Å². The SMILES string of the molecule is CO/N=c1/oc(-c2ccccc2)cc2sccc12. The van der Waals surface area contributed by atoms with E-state index in [4.69, 9.17) is 9.25 Å². The number of rotatable bonds is 2. The van der Waals surface area contributed by atoms with Crippen molar-refractivity contribution in [1.29, 1.82) is 0 Å². The molecule has 0 spiro atoms. The summed E-state index contributed by atoms with van der Waals surface area (Å²) in [6, 6.07) is 14.0. The van der Waals surface area contributed by atoms with Crippen molar-refractivity contribution >= 4 is 21.4 Å². The fraction of sp³-hybridized carbons (Fsp3) is 0.0714. The smallest absolute Gasteiger partial charge is 0.264 e. The Labute approximate surface area is 108 Å². The molecule has 0 aliphatic rings. The lowest BCUT2D eigenvalue weighted by atomic mass is 10.1. The monoisotopic (exact) mass is 257 g/mol. The number of benzene rings is 1. The molecule has 0 atom stereocenters. The number of fused-ring (bicyclic) bond motifs is 1. The maximum Gasteiger partial charge on any atom is 0.264 e. The van der Waals surface area contributed by atoms with Gasteiger partial charge in [0.05, 0.1) is 5.39 Å². The topological polar surface area (TPSA) is 34.7 Å². The fourth-order valence-corrected chi connectivity index (χ4v) is 2.62. The minimum absolute atomic E-state index is 0.509. The minimum Gasteiger partial charge on any atom is -0.435 e. The van der Waals surface area contributed by atoms with Gasteiger partial charge in [-0.25, -0.2) is 0 Å². The maximum atomic E-state index is 5.79. The van der Waals surface area contributed by atoms with Gasteiger partial charge < -0.3 is 9.25 Å². The number of hydrogen-bond acceptors (Lipinski definition) is 4. The Morgan fingerprint density at radius 2 is 2.00 bits per heavy atom. The summed E-state index contributed by atoms with van der Waals surface area (Å²) in [7, 11) is 1.52. The minimum atomic E-state index is 0.509. The Hall–Kier alpha value is -2.07. The molecule has 2 aromatic heterocycles. The second kappa shape index (κ2) is 4.66. The van der Waals surface area contributed by atoms with Crippen LogP contribution in [-0.4, -0.2) is 7.11 Å². The van der Waals surface area contributed by atoms with Gasteiger partial charge in [0.1, 0.15) is 12.9 Å². The third-order valence-electron chi connectivity index (χ3n) is 2.63. The first-order chi connectivity index (χ1) is 8.88. The van der Waals surface area contributed by atoms with Crippen molar-refractivity contribution in [2.24, 2.45) is 5.16 Å². The van der Waals surface area contributed by atoms with Gasteiger partial charge >= 0.3 is 0 Å². The molecule has 90 valence electrons. The van der Waals surface area contributed by atoms with Gasteiger partial charge in [-0.1, -0.05) is 30.3 Å².